The van der Waals surface area contributed by atoms with Crippen molar-refractivity contribution < 1.29 is 45.0 Å². The molecule has 0 aliphatic heterocycles. The van der Waals surface area contributed by atoms with Gasteiger partial charge in [0.05, 0.1) is 0 Å². The van der Waals surface area contributed by atoms with Crippen LogP contribution in [0.3, 0.4) is 0 Å². The summed E-state index contributed by atoms with van der Waals surface area (Å²) < 4.78 is 79.1. The number of ether oxygens (including phenoxy) is 2. The molecule has 0 saturated carbocycles. The number of unbranched alkanes of at least 4 members (excludes halogenated alkanes) is 16. The summed E-state index contributed by atoms with van der Waals surface area (Å²) in [6.45, 7) is 3.84. The fourth-order valence-corrected chi connectivity index (χ4v) is 7.10. The van der Waals surface area contributed by atoms with Gasteiger partial charge in [0.15, 0.2) is 11.6 Å². The third kappa shape index (κ3) is 16.9. The minimum absolute atomic E-state index is 0.144. The van der Waals surface area contributed by atoms with Crippen molar-refractivity contribution in [2.24, 2.45) is 0 Å². The van der Waals surface area contributed by atoms with Gasteiger partial charge < -0.3 is 9.47 Å². The van der Waals surface area contributed by atoms with Gasteiger partial charge in [-0.3, -0.25) is 18.7 Å². The molecule has 50 heavy (non-hydrogen) atoms. The van der Waals surface area contributed by atoms with Crippen LogP contribution in [0.25, 0.3) is 0 Å². The van der Waals surface area contributed by atoms with Crippen LogP contribution in [0.1, 0.15) is 163 Å². The Bertz CT molecular complexity index is 1420. The fourth-order valence-electron chi connectivity index (χ4n) is 5.79. The first-order valence-corrected chi connectivity index (χ1v) is 21.3. The highest BCUT2D eigenvalue weighted by atomic mass is 32.2. The molecule has 282 valence electrons. The Labute approximate surface area is 300 Å². The maximum Gasteiger partial charge on any atom is 0.298 e. The summed E-state index contributed by atoms with van der Waals surface area (Å²) in [4.78, 5) is 24.3. The van der Waals surface area contributed by atoms with Crippen LogP contribution in [-0.4, -0.2) is 50.7 Å². The number of rotatable bonds is 29. The second-order valence-corrected chi connectivity index (χ2v) is 15.8. The standard InChI is InChI=1S/C38H58O10S2/c1-3-5-7-9-11-13-15-17-19-21-33(39)31-23-25-35(37(29-31)49(41,42)43)47-27-28-48-36-26-24-32(30-38(36)50(44,45)46)34(40)22-20-18-16-14-12-10-8-6-4-2/h23-26,29-30H,3-22,27-28H2,1-2H3,(H,41,42,43)(H,44,45,46). The van der Waals surface area contributed by atoms with Crippen LogP contribution in [0.5, 0.6) is 11.5 Å². The number of hydrogen-bond donors (Lipinski definition) is 2. The number of ketones is 2. The van der Waals surface area contributed by atoms with Crippen molar-refractivity contribution in [3.63, 3.8) is 0 Å². The Balaban J connectivity index is 1.90. The van der Waals surface area contributed by atoms with Crippen molar-refractivity contribution >= 4 is 31.8 Å². The van der Waals surface area contributed by atoms with Crippen molar-refractivity contribution in [2.75, 3.05) is 13.2 Å². The second kappa shape index (κ2) is 23.6. The number of carbonyl (C=O) groups is 2. The Morgan fingerprint density at radius 2 is 0.800 bits per heavy atom. The van der Waals surface area contributed by atoms with E-state index < -0.39 is 30.0 Å². The van der Waals surface area contributed by atoms with E-state index in [1.54, 1.807) is 0 Å². The number of benzene rings is 2. The molecule has 0 unspecified atom stereocenters. The van der Waals surface area contributed by atoms with Crippen LogP contribution in [0.2, 0.25) is 0 Å². The lowest BCUT2D eigenvalue weighted by Crippen LogP contribution is -2.14. The van der Waals surface area contributed by atoms with Crippen LogP contribution in [0, 0.1) is 0 Å². The minimum Gasteiger partial charge on any atom is -0.489 e. The zero-order chi connectivity index (χ0) is 36.8. The summed E-state index contributed by atoms with van der Waals surface area (Å²) in [7, 11) is -9.48. The van der Waals surface area contributed by atoms with Crippen LogP contribution in [0.15, 0.2) is 46.2 Å². The summed E-state index contributed by atoms with van der Waals surface area (Å²) in [5.41, 5.74) is 0.289. The van der Waals surface area contributed by atoms with Gasteiger partial charge in [0.25, 0.3) is 20.2 Å². The molecule has 0 saturated heterocycles. The van der Waals surface area contributed by atoms with Gasteiger partial charge in [-0.05, 0) is 49.2 Å². The van der Waals surface area contributed by atoms with E-state index in [1.165, 1.54) is 88.5 Å². The Morgan fingerprint density at radius 3 is 1.10 bits per heavy atom. The van der Waals surface area contributed by atoms with Gasteiger partial charge in [0, 0.05) is 24.0 Å². The highest BCUT2D eigenvalue weighted by Crippen LogP contribution is 2.28. The molecule has 2 rings (SSSR count). The smallest absolute Gasteiger partial charge is 0.298 e. The number of Topliss-reactive ketones (excluding diaryl/α,β-unsaturated/α-hetero) is 2. The van der Waals surface area contributed by atoms with Crippen molar-refractivity contribution in [3.8, 4) is 11.5 Å². The molecule has 0 radical (unpaired) electrons. The molecule has 0 aliphatic rings. The van der Waals surface area contributed by atoms with Gasteiger partial charge in [0.1, 0.15) is 34.5 Å². The fraction of sp³-hybridized carbons (Fsp3) is 0.632. The Hall–Kier alpha value is -2.80. The van der Waals surface area contributed by atoms with Crippen molar-refractivity contribution in [3.05, 3.63) is 47.5 Å². The van der Waals surface area contributed by atoms with E-state index in [9.17, 15) is 35.5 Å². The highest BCUT2D eigenvalue weighted by Gasteiger charge is 2.22. The van der Waals surface area contributed by atoms with Crippen LogP contribution < -0.4 is 9.47 Å². The van der Waals surface area contributed by atoms with Crippen molar-refractivity contribution in [2.45, 2.75) is 152 Å². The molecular weight excluding hydrogens is 681 g/mol. The van der Waals surface area contributed by atoms with E-state index in [1.807, 2.05) is 0 Å². The summed E-state index contributed by atoms with van der Waals surface area (Å²) in [5.74, 6) is -0.882. The predicted molar refractivity (Wildman–Crippen MR) is 196 cm³/mol. The first-order chi connectivity index (χ1) is 23.9. The second-order valence-electron chi connectivity index (χ2n) is 13.0. The lowest BCUT2D eigenvalue weighted by atomic mass is 10.0. The van der Waals surface area contributed by atoms with E-state index in [4.69, 9.17) is 9.47 Å². The monoisotopic (exact) mass is 738 g/mol. The molecule has 0 fully saturated rings. The molecule has 12 heteroatoms. The van der Waals surface area contributed by atoms with Gasteiger partial charge >= 0.3 is 0 Å². The summed E-state index contributed by atoms with van der Waals surface area (Å²) in [6.07, 6.45) is 20.3. The molecule has 2 N–H and O–H groups in total. The third-order valence-electron chi connectivity index (χ3n) is 8.70. The predicted octanol–water partition coefficient (Wildman–Crippen LogP) is 9.85. The lowest BCUT2D eigenvalue weighted by molar-refractivity contribution is 0.0970. The van der Waals surface area contributed by atoms with Crippen molar-refractivity contribution in [1.82, 2.24) is 0 Å². The Kier molecular flexibility index (Phi) is 20.5. The molecule has 0 amide bonds. The number of carbonyl (C=O) groups excluding carboxylic acids is 2. The molecule has 0 bridgehead atoms. The zero-order valence-electron chi connectivity index (χ0n) is 30.0. The quantitative estimate of drug-likeness (QED) is 0.0467. The van der Waals surface area contributed by atoms with Crippen LogP contribution >= 0.6 is 0 Å². The van der Waals surface area contributed by atoms with E-state index in [2.05, 4.69) is 13.8 Å². The van der Waals surface area contributed by atoms with Crippen LogP contribution in [0.4, 0.5) is 0 Å². The molecule has 2 aromatic carbocycles. The topological polar surface area (TPSA) is 161 Å². The molecule has 0 spiro atoms. The summed E-state index contributed by atoms with van der Waals surface area (Å²) >= 11 is 0. The number of hydrogen-bond acceptors (Lipinski definition) is 8. The van der Waals surface area contributed by atoms with E-state index in [0.29, 0.717) is 12.8 Å². The van der Waals surface area contributed by atoms with Gasteiger partial charge in [0.2, 0.25) is 0 Å². The minimum atomic E-state index is -4.74. The lowest BCUT2D eigenvalue weighted by Gasteiger charge is -2.14. The largest absolute Gasteiger partial charge is 0.489 e. The van der Waals surface area contributed by atoms with Gasteiger partial charge in [-0.25, -0.2) is 0 Å². The highest BCUT2D eigenvalue weighted by molar-refractivity contribution is 7.86. The third-order valence-corrected chi connectivity index (χ3v) is 10.5. The van der Waals surface area contributed by atoms with Gasteiger partial charge in [-0.1, -0.05) is 117 Å². The van der Waals surface area contributed by atoms with Gasteiger partial charge in [-0.15, -0.1) is 0 Å². The SMILES string of the molecule is CCCCCCCCCCCC(=O)c1ccc(OCCOc2ccc(C(=O)CCCCCCCCCCC)cc2S(=O)(=O)O)c(S(=O)(=O)O)c1. The maximum absolute atomic E-state index is 12.7. The van der Waals surface area contributed by atoms with Gasteiger partial charge in [-0.2, -0.15) is 16.8 Å². The molecule has 0 aromatic heterocycles. The normalized spacial score (nSPS) is 11.8. The molecule has 2 aromatic rings. The molecule has 0 aliphatic carbocycles. The summed E-state index contributed by atoms with van der Waals surface area (Å²) in [6, 6.07) is 7.60. The van der Waals surface area contributed by atoms with Crippen molar-refractivity contribution in [1.29, 1.82) is 0 Å². The first kappa shape index (κ1) is 43.4. The average molecular weight is 739 g/mol. The molecule has 0 heterocycles. The van der Waals surface area contributed by atoms with E-state index >= 15 is 0 Å². The first-order valence-electron chi connectivity index (χ1n) is 18.4. The van der Waals surface area contributed by atoms with Crippen LogP contribution in [-0.2, 0) is 20.2 Å². The average Bonchev–Trinajstić information content (AvgIpc) is 3.07. The van der Waals surface area contributed by atoms with E-state index in [0.717, 1.165) is 50.7 Å². The molecular formula is C38H58O10S2. The summed E-state index contributed by atoms with van der Waals surface area (Å²) in [5, 5.41) is 0. The maximum atomic E-state index is 12.7. The molecule has 10 nitrogen and oxygen atoms in total. The van der Waals surface area contributed by atoms with E-state index in [-0.39, 0.29) is 60.2 Å². The Morgan fingerprint density at radius 1 is 0.500 bits per heavy atom. The molecule has 0 atom stereocenters. The zero-order valence-corrected chi connectivity index (χ0v) is 31.6.